The normalized spacial score (nSPS) is 14.7. The molecule has 1 aliphatic heterocycles. The van der Waals surface area contributed by atoms with Gasteiger partial charge in [-0.3, -0.25) is 29.9 Å². The van der Waals surface area contributed by atoms with Gasteiger partial charge in [0.05, 0.1) is 15.4 Å². The van der Waals surface area contributed by atoms with Crippen molar-refractivity contribution >= 4 is 28.7 Å². The van der Waals surface area contributed by atoms with Crippen LogP contribution >= 0.6 is 0 Å². The molecule has 2 aromatic rings. The molecular weight excluding hydrogens is 447 g/mol. The second-order valence-corrected chi connectivity index (χ2v) is 7.39. The molecule has 33 heavy (non-hydrogen) atoms. The number of hydrogen-bond acceptors (Lipinski definition) is 7. The van der Waals surface area contributed by atoms with Gasteiger partial charge in [-0.25, -0.2) is 0 Å². The molecule has 1 amide bonds. The van der Waals surface area contributed by atoms with Crippen molar-refractivity contribution in [1.29, 1.82) is 0 Å². The van der Waals surface area contributed by atoms with E-state index >= 15 is 0 Å². The van der Waals surface area contributed by atoms with Crippen molar-refractivity contribution in [2.24, 2.45) is 0 Å². The van der Waals surface area contributed by atoms with E-state index in [4.69, 9.17) is 0 Å². The van der Waals surface area contributed by atoms with E-state index in [2.05, 4.69) is 5.32 Å². The fourth-order valence-corrected chi connectivity index (χ4v) is 3.51. The summed E-state index contributed by atoms with van der Waals surface area (Å²) in [5.74, 6) is -0.323. The second-order valence-electron chi connectivity index (χ2n) is 7.39. The van der Waals surface area contributed by atoms with Gasteiger partial charge in [-0.05, 0) is 18.2 Å². The molecule has 0 aromatic heterocycles. The van der Waals surface area contributed by atoms with Crippen molar-refractivity contribution < 1.29 is 27.8 Å². The molecule has 0 bridgehead atoms. The van der Waals surface area contributed by atoms with Crippen molar-refractivity contribution in [3.63, 3.8) is 0 Å². The number of carbonyl (C=O) groups is 1. The Morgan fingerprint density at radius 1 is 1.00 bits per heavy atom. The van der Waals surface area contributed by atoms with Crippen LogP contribution in [0.2, 0.25) is 0 Å². The van der Waals surface area contributed by atoms with Crippen molar-refractivity contribution in [2.75, 3.05) is 42.9 Å². The van der Waals surface area contributed by atoms with Crippen LogP contribution in [0.4, 0.5) is 35.9 Å². The summed E-state index contributed by atoms with van der Waals surface area (Å²) >= 11 is 0. The predicted molar refractivity (Wildman–Crippen MR) is 113 cm³/mol. The third kappa shape index (κ3) is 6.16. The van der Waals surface area contributed by atoms with Crippen LogP contribution in [-0.2, 0) is 11.0 Å². The maximum absolute atomic E-state index is 12.9. The third-order valence-electron chi connectivity index (χ3n) is 5.21. The zero-order chi connectivity index (χ0) is 24.2. The topological polar surface area (TPSA) is 122 Å². The third-order valence-corrected chi connectivity index (χ3v) is 5.21. The van der Waals surface area contributed by atoms with E-state index in [-0.39, 0.29) is 23.7 Å². The summed E-state index contributed by atoms with van der Waals surface area (Å²) in [5.41, 5.74) is -1.38. The number of anilines is 2. The summed E-state index contributed by atoms with van der Waals surface area (Å²) < 4.78 is 38.7. The quantitative estimate of drug-likeness (QED) is 0.487. The van der Waals surface area contributed by atoms with Gasteiger partial charge < -0.3 is 10.2 Å². The Hall–Kier alpha value is -3.74. The lowest BCUT2D eigenvalue weighted by Crippen LogP contribution is -2.47. The number of halogens is 3. The summed E-state index contributed by atoms with van der Waals surface area (Å²) in [6.07, 6.45) is -4.55. The molecule has 2 aromatic carbocycles. The molecule has 10 nitrogen and oxygen atoms in total. The van der Waals surface area contributed by atoms with Gasteiger partial charge in [0.2, 0.25) is 5.91 Å². The number of carbonyl (C=O) groups excluding carboxylic acids is 1. The average molecular weight is 467 g/mol. The van der Waals surface area contributed by atoms with Gasteiger partial charge in [-0.15, -0.1) is 0 Å². The smallest absolute Gasteiger partial charge is 0.363 e. The number of hydrogen-bond donors (Lipinski definition) is 1. The van der Waals surface area contributed by atoms with Crippen LogP contribution in [0.1, 0.15) is 12.0 Å². The van der Waals surface area contributed by atoms with Crippen LogP contribution < -0.4 is 10.2 Å². The van der Waals surface area contributed by atoms with Crippen LogP contribution in [0.5, 0.6) is 0 Å². The lowest BCUT2D eigenvalue weighted by molar-refractivity contribution is -0.384. The second kappa shape index (κ2) is 9.81. The number of amides is 1. The van der Waals surface area contributed by atoms with E-state index in [1.54, 1.807) is 11.0 Å². The Kier molecular flexibility index (Phi) is 7.11. The summed E-state index contributed by atoms with van der Waals surface area (Å²) in [4.78, 5) is 36.5. The molecule has 1 saturated heterocycles. The van der Waals surface area contributed by atoms with Crippen LogP contribution in [0.25, 0.3) is 0 Å². The van der Waals surface area contributed by atoms with Crippen molar-refractivity contribution in [1.82, 2.24) is 4.90 Å². The number of rotatable bonds is 7. The predicted octanol–water partition coefficient (Wildman–Crippen LogP) is 3.67. The molecule has 0 spiro atoms. The number of nitro benzene ring substituents is 2. The number of non-ortho nitro benzene ring substituents is 1. The van der Waals surface area contributed by atoms with Crippen molar-refractivity contribution in [2.45, 2.75) is 12.6 Å². The Morgan fingerprint density at radius 3 is 2.30 bits per heavy atom. The van der Waals surface area contributed by atoms with Gasteiger partial charge in [0.1, 0.15) is 5.69 Å². The van der Waals surface area contributed by atoms with Crippen molar-refractivity contribution in [3.05, 3.63) is 68.3 Å². The summed E-state index contributed by atoms with van der Waals surface area (Å²) in [6.45, 7) is 2.01. The van der Waals surface area contributed by atoms with E-state index in [9.17, 15) is 38.2 Å². The highest BCUT2D eigenvalue weighted by atomic mass is 19.4. The summed E-state index contributed by atoms with van der Waals surface area (Å²) in [5, 5.41) is 24.7. The molecule has 0 aliphatic carbocycles. The maximum Gasteiger partial charge on any atom is 0.416 e. The minimum absolute atomic E-state index is 0.121. The highest BCUT2D eigenvalue weighted by molar-refractivity contribution is 5.91. The summed E-state index contributed by atoms with van der Waals surface area (Å²) in [7, 11) is 0. The maximum atomic E-state index is 12.9. The van der Waals surface area contributed by atoms with E-state index < -0.39 is 27.3 Å². The fourth-order valence-electron chi connectivity index (χ4n) is 3.51. The Labute approximate surface area is 185 Å². The van der Waals surface area contributed by atoms with Gasteiger partial charge in [0.15, 0.2) is 0 Å². The van der Waals surface area contributed by atoms with Gasteiger partial charge in [0, 0.05) is 63.0 Å². The van der Waals surface area contributed by atoms with Gasteiger partial charge >= 0.3 is 6.18 Å². The van der Waals surface area contributed by atoms with Crippen molar-refractivity contribution in [3.8, 4) is 0 Å². The van der Waals surface area contributed by atoms with E-state index in [1.165, 1.54) is 18.2 Å². The Morgan fingerprint density at radius 2 is 1.70 bits per heavy atom. The molecule has 0 unspecified atom stereocenters. The van der Waals surface area contributed by atoms with Crippen LogP contribution in [0.15, 0.2) is 42.5 Å². The van der Waals surface area contributed by atoms with Gasteiger partial charge in [-0.1, -0.05) is 6.07 Å². The van der Waals surface area contributed by atoms with Gasteiger partial charge in [0.25, 0.3) is 11.4 Å². The molecule has 13 heteroatoms. The van der Waals surface area contributed by atoms with E-state index in [1.807, 2.05) is 4.90 Å². The standard InChI is InChI=1S/C20H20F3N5O5/c21-20(22,23)14-4-5-17(18(12-14)28(32)33)26-10-8-25(9-11-26)7-6-19(29)24-15-2-1-3-16(13-15)27(30)31/h1-5,12-13H,6-11H2,(H,24,29). The van der Waals surface area contributed by atoms with Gasteiger partial charge in [-0.2, -0.15) is 13.2 Å². The highest BCUT2D eigenvalue weighted by Crippen LogP contribution is 2.36. The first-order valence-electron chi connectivity index (χ1n) is 9.92. The Balaban J connectivity index is 1.54. The molecule has 0 radical (unpaired) electrons. The number of nitro groups is 2. The molecule has 0 saturated carbocycles. The molecule has 3 rings (SSSR count). The first-order chi connectivity index (χ1) is 15.5. The lowest BCUT2D eigenvalue weighted by Gasteiger charge is -2.35. The molecule has 1 N–H and O–H groups in total. The fraction of sp³-hybridized carbons (Fsp3) is 0.350. The zero-order valence-corrected chi connectivity index (χ0v) is 17.2. The number of nitrogens with zero attached hydrogens (tertiary/aromatic N) is 4. The molecule has 176 valence electrons. The van der Waals surface area contributed by atoms with Crippen LogP contribution in [0, 0.1) is 20.2 Å². The SMILES string of the molecule is O=C(CCN1CCN(c2ccc(C(F)(F)F)cc2[N+](=O)[O-])CC1)Nc1cccc([N+](=O)[O-])c1. The molecular formula is C20H20F3N5O5. The largest absolute Gasteiger partial charge is 0.416 e. The number of benzene rings is 2. The molecule has 0 atom stereocenters. The van der Waals surface area contributed by atoms with E-state index in [0.717, 1.165) is 12.1 Å². The number of nitrogens with one attached hydrogen (secondary N) is 1. The molecule has 1 heterocycles. The van der Waals surface area contributed by atoms with Crippen LogP contribution in [-0.4, -0.2) is 53.4 Å². The highest BCUT2D eigenvalue weighted by Gasteiger charge is 2.34. The number of piperazine rings is 1. The zero-order valence-electron chi connectivity index (χ0n) is 17.2. The molecule has 1 fully saturated rings. The monoisotopic (exact) mass is 467 g/mol. The minimum atomic E-state index is -4.67. The van der Waals surface area contributed by atoms with Crippen LogP contribution in [0.3, 0.4) is 0 Å². The number of alkyl halides is 3. The molecule has 1 aliphatic rings. The average Bonchev–Trinajstić information content (AvgIpc) is 2.77. The first-order valence-corrected chi connectivity index (χ1v) is 9.92. The minimum Gasteiger partial charge on any atom is -0.363 e. The summed E-state index contributed by atoms with van der Waals surface area (Å²) in [6, 6.07) is 8.06. The van der Waals surface area contributed by atoms with E-state index in [0.29, 0.717) is 44.5 Å². The lowest BCUT2D eigenvalue weighted by atomic mass is 10.1. The first kappa shape index (κ1) is 23.9. The Bertz CT molecular complexity index is 1050.